The minimum absolute atomic E-state index is 0.0554. The summed E-state index contributed by atoms with van der Waals surface area (Å²) in [6.45, 7) is -0.103. The molecule has 1 aliphatic carbocycles. The second-order valence-electron chi connectivity index (χ2n) is 6.65. The molecule has 2 aromatic carbocycles. The lowest BCUT2D eigenvalue weighted by Crippen LogP contribution is -2.33. The summed E-state index contributed by atoms with van der Waals surface area (Å²) >= 11 is 12.1. The summed E-state index contributed by atoms with van der Waals surface area (Å²) in [6, 6.07) is 8.70. The van der Waals surface area contributed by atoms with Gasteiger partial charge in [0.15, 0.2) is 9.84 Å². The van der Waals surface area contributed by atoms with E-state index in [4.69, 9.17) is 23.2 Å². The Kier molecular flexibility index (Phi) is 5.70. The van der Waals surface area contributed by atoms with Crippen LogP contribution in [0.4, 0.5) is 0 Å². The molecule has 1 N–H and O–H groups in total. The number of benzene rings is 2. The number of carboxylic acids is 1. The lowest BCUT2D eigenvalue weighted by atomic mass is 10.1. The van der Waals surface area contributed by atoms with Gasteiger partial charge in [-0.2, -0.15) is 0 Å². The van der Waals surface area contributed by atoms with Crippen molar-refractivity contribution in [2.75, 3.05) is 6.26 Å². The quantitative estimate of drug-likeness (QED) is 0.733. The zero-order valence-electron chi connectivity index (χ0n) is 14.9. The molecule has 1 fully saturated rings. The van der Waals surface area contributed by atoms with E-state index in [-0.39, 0.29) is 39.5 Å². The maximum Gasteiger partial charge on any atom is 0.337 e. The molecule has 1 amide bonds. The summed E-state index contributed by atoms with van der Waals surface area (Å²) in [7, 11) is -3.68. The summed E-state index contributed by atoms with van der Waals surface area (Å²) < 4.78 is 24.4. The first kappa shape index (κ1) is 20.6. The molecule has 0 atom stereocenters. The van der Waals surface area contributed by atoms with Gasteiger partial charge in [0, 0.05) is 35.0 Å². The number of hydrogen-bond acceptors (Lipinski definition) is 4. The van der Waals surface area contributed by atoms with Crippen LogP contribution in [-0.2, 0) is 16.4 Å². The topological polar surface area (TPSA) is 91.8 Å². The molecule has 0 aliphatic heterocycles. The summed E-state index contributed by atoms with van der Waals surface area (Å²) in [5, 5.41) is 9.64. The first-order valence-electron chi connectivity index (χ1n) is 8.41. The normalized spacial score (nSPS) is 14.0. The van der Waals surface area contributed by atoms with Gasteiger partial charge in [-0.15, -0.1) is 0 Å². The lowest BCUT2D eigenvalue weighted by molar-refractivity contribution is 0.0696. The van der Waals surface area contributed by atoms with Crippen molar-refractivity contribution in [3.8, 4) is 0 Å². The third-order valence-corrected chi connectivity index (χ3v) is 6.36. The average molecular weight is 442 g/mol. The predicted octanol–water partition coefficient (Wildman–Crippen LogP) is 3.90. The Morgan fingerprint density at radius 1 is 1.11 bits per heavy atom. The van der Waals surface area contributed by atoms with Crippen LogP contribution in [0.25, 0.3) is 0 Å². The van der Waals surface area contributed by atoms with Gasteiger partial charge < -0.3 is 10.0 Å². The number of amides is 1. The number of hydrogen-bond donors (Lipinski definition) is 1. The highest BCUT2D eigenvalue weighted by Gasteiger charge is 2.35. The molecule has 0 heterocycles. The summed E-state index contributed by atoms with van der Waals surface area (Å²) in [5.41, 5.74) is 0.305. The second-order valence-corrected chi connectivity index (χ2v) is 9.45. The molecule has 0 saturated heterocycles. The van der Waals surface area contributed by atoms with Gasteiger partial charge in [-0.3, -0.25) is 4.79 Å². The number of sulfone groups is 1. The molecule has 0 radical (unpaired) electrons. The van der Waals surface area contributed by atoms with Crippen molar-refractivity contribution in [2.24, 2.45) is 0 Å². The molecule has 1 aliphatic rings. The van der Waals surface area contributed by atoms with E-state index in [1.165, 1.54) is 11.0 Å². The summed E-state index contributed by atoms with van der Waals surface area (Å²) in [5.74, 6) is -1.57. The van der Waals surface area contributed by atoms with E-state index < -0.39 is 15.8 Å². The van der Waals surface area contributed by atoms with Gasteiger partial charge in [0.25, 0.3) is 5.91 Å². The molecule has 2 aromatic rings. The minimum atomic E-state index is -3.68. The van der Waals surface area contributed by atoms with Crippen molar-refractivity contribution >= 4 is 44.9 Å². The monoisotopic (exact) mass is 441 g/mol. The van der Waals surface area contributed by atoms with Gasteiger partial charge >= 0.3 is 5.97 Å². The first-order chi connectivity index (χ1) is 13.1. The number of carboxylic acid groups (broad SMARTS) is 1. The Morgan fingerprint density at radius 2 is 1.71 bits per heavy atom. The lowest BCUT2D eigenvalue weighted by Gasteiger charge is -2.25. The number of carbonyl (C=O) groups excluding carboxylic acids is 1. The third kappa shape index (κ3) is 4.32. The van der Waals surface area contributed by atoms with Crippen molar-refractivity contribution in [1.82, 2.24) is 4.90 Å². The molecule has 0 bridgehead atoms. The highest BCUT2D eigenvalue weighted by atomic mass is 35.5. The fraction of sp³-hybridized carbons (Fsp3) is 0.263. The molecular formula is C19H17Cl2NO5S. The maximum atomic E-state index is 13.0. The fourth-order valence-electron chi connectivity index (χ4n) is 2.94. The van der Waals surface area contributed by atoms with Crippen LogP contribution in [0.1, 0.15) is 39.1 Å². The summed E-state index contributed by atoms with van der Waals surface area (Å²) in [4.78, 5) is 25.9. The van der Waals surface area contributed by atoms with E-state index in [1.54, 1.807) is 24.3 Å². The number of halogens is 2. The number of rotatable bonds is 6. The Bertz CT molecular complexity index is 1050. The Hall–Kier alpha value is -2.09. The molecular weight excluding hydrogens is 425 g/mol. The second kappa shape index (κ2) is 7.73. The number of aromatic carboxylic acids is 1. The Morgan fingerprint density at radius 3 is 2.21 bits per heavy atom. The van der Waals surface area contributed by atoms with Gasteiger partial charge in [0.2, 0.25) is 0 Å². The Labute approximate surface area is 172 Å². The van der Waals surface area contributed by atoms with Gasteiger partial charge in [0.05, 0.1) is 15.5 Å². The molecule has 28 heavy (non-hydrogen) atoms. The van der Waals surface area contributed by atoms with Crippen LogP contribution in [0.2, 0.25) is 10.0 Å². The predicted molar refractivity (Wildman–Crippen MR) is 106 cm³/mol. The third-order valence-electron chi connectivity index (χ3n) is 4.50. The van der Waals surface area contributed by atoms with E-state index >= 15 is 0 Å². The van der Waals surface area contributed by atoms with Crippen molar-refractivity contribution < 1.29 is 23.1 Å². The zero-order valence-corrected chi connectivity index (χ0v) is 17.2. The molecule has 3 rings (SSSR count). The van der Waals surface area contributed by atoms with Crippen LogP contribution in [-0.4, -0.2) is 42.6 Å². The molecule has 0 unspecified atom stereocenters. The Balaban J connectivity index is 2.06. The van der Waals surface area contributed by atoms with Crippen molar-refractivity contribution in [2.45, 2.75) is 30.3 Å². The fourth-order valence-corrected chi connectivity index (χ4v) is 4.36. The summed E-state index contributed by atoms with van der Waals surface area (Å²) in [6.07, 6.45) is 2.58. The van der Waals surface area contributed by atoms with Crippen LogP contribution in [0.5, 0.6) is 0 Å². The number of carbonyl (C=O) groups is 2. The van der Waals surface area contributed by atoms with Gasteiger partial charge in [0.1, 0.15) is 0 Å². The van der Waals surface area contributed by atoms with E-state index in [2.05, 4.69) is 0 Å². The first-order valence-corrected chi connectivity index (χ1v) is 11.1. The molecule has 0 aromatic heterocycles. The van der Waals surface area contributed by atoms with Crippen LogP contribution in [0, 0.1) is 0 Å². The van der Waals surface area contributed by atoms with Crippen LogP contribution < -0.4 is 0 Å². The molecule has 0 spiro atoms. The van der Waals surface area contributed by atoms with Crippen molar-refractivity contribution in [3.05, 3.63) is 63.1 Å². The van der Waals surface area contributed by atoms with E-state index in [9.17, 15) is 23.1 Å². The van der Waals surface area contributed by atoms with E-state index in [0.717, 1.165) is 25.2 Å². The highest BCUT2D eigenvalue weighted by Crippen LogP contribution is 2.35. The van der Waals surface area contributed by atoms with Crippen LogP contribution >= 0.6 is 23.2 Å². The van der Waals surface area contributed by atoms with E-state index in [1.807, 2.05) is 0 Å². The SMILES string of the molecule is CS(=O)(=O)c1ccc(C(=O)O)c(Cl)c1CN(C(=O)c1ccc(Cl)cc1)C1CC1. The van der Waals surface area contributed by atoms with Crippen LogP contribution in [0.3, 0.4) is 0 Å². The van der Waals surface area contributed by atoms with Gasteiger partial charge in [-0.05, 0) is 49.2 Å². The van der Waals surface area contributed by atoms with E-state index in [0.29, 0.717) is 10.6 Å². The molecule has 6 nitrogen and oxygen atoms in total. The zero-order chi connectivity index (χ0) is 20.6. The smallest absolute Gasteiger partial charge is 0.337 e. The maximum absolute atomic E-state index is 13.0. The minimum Gasteiger partial charge on any atom is -0.478 e. The van der Waals surface area contributed by atoms with Crippen LogP contribution in [0.15, 0.2) is 41.3 Å². The highest BCUT2D eigenvalue weighted by molar-refractivity contribution is 7.90. The van der Waals surface area contributed by atoms with Crippen molar-refractivity contribution in [1.29, 1.82) is 0 Å². The largest absolute Gasteiger partial charge is 0.478 e. The van der Waals surface area contributed by atoms with Crippen molar-refractivity contribution in [3.63, 3.8) is 0 Å². The van der Waals surface area contributed by atoms with Gasteiger partial charge in [-0.1, -0.05) is 23.2 Å². The van der Waals surface area contributed by atoms with Gasteiger partial charge in [-0.25, -0.2) is 13.2 Å². The number of nitrogens with zero attached hydrogens (tertiary/aromatic N) is 1. The molecule has 148 valence electrons. The molecule has 9 heteroatoms. The standard InChI is InChI=1S/C19H17Cl2NO5S/c1-28(26,27)16-9-8-14(19(24)25)17(21)15(16)10-22(13-6-7-13)18(23)11-2-4-12(20)5-3-11/h2-5,8-9,13H,6-7,10H2,1H3,(H,24,25). The molecule has 1 saturated carbocycles. The average Bonchev–Trinajstić information content (AvgIpc) is 3.44.